The van der Waals surface area contributed by atoms with Crippen molar-refractivity contribution in [2.75, 3.05) is 17.2 Å². The summed E-state index contributed by atoms with van der Waals surface area (Å²) in [6.45, 7) is 6.79. The zero-order valence-electron chi connectivity index (χ0n) is 27.6. The molecule has 0 atom stereocenters. The van der Waals surface area contributed by atoms with E-state index >= 15 is 0 Å². The summed E-state index contributed by atoms with van der Waals surface area (Å²) < 4.78 is 0. The number of anilines is 3. The van der Waals surface area contributed by atoms with Crippen LogP contribution in [0.3, 0.4) is 0 Å². The van der Waals surface area contributed by atoms with Gasteiger partial charge in [-0.15, -0.1) is 0 Å². The Bertz CT molecular complexity index is 1930. The Hall–Kier alpha value is -6.06. The third-order valence-electron chi connectivity index (χ3n) is 9.50. The van der Waals surface area contributed by atoms with Crippen LogP contribution in [0.15, 0.2) is 146 Å². The molecule has 0 spiro atoms. The smallest absolute Gasteiger partial charge is 0.0314 e. The summed E-state index contributed by atoms with van der Waals surface area (Å²) in [5.74, 6) is 0. The maximum absolute atomic E-state index is 5.95. The molecule has 7 aromatic carbocycles. The molecule has 3 nitrogen and oxygen atoms in total. The minimum absolute atomic E-state index is 0.768. The molecule has 0 fully saturated rings. The third-order valence-corrected chi connectivity index (χ3v) is 9.50. The van der Waals surface area contributed by atoms with Crippen molar-refractivity contribution < 1.29 is 0 Å². The topological polar surface area (TPSA) is 78.1 Å². The number of nitrogens with two attached hydrogens (primary N) is 3. The lowest BCUT2D eigenvalue weighted by molar-refractivity contribution is 1.32. The van der Waals surface area contributed by atoms with Gasteiger partial charge in [0.15, 0.2) is 0 Å². The number of hydrogen-bond acceptors (Lipinski definition) is 3. The summed E-state index contributed by atoms with van der Waals surface area (Å²) in [4.78, 5) is 0. The minimum Gasteiger partial charge on any atom is -0.399 e. The molecule has 234 valence electrons. The molecular weight excluding hydrogens is 583 g/mol. The first-order chi connectivity index (χ1) is 23.3. The van der Waals surface area contributed by atoms with Crippen LogP contribution in [0.2, 0.25) is 0 Å². The highest BCUT2D eigenvalue weighted by Crippen LogP contribution is 2.44. The molecule has 3 heteroatoms. The summed E-state index contributed by atoms with van der Waals surface area (Å²) >= 11 is 0. The Morgan fingerprint density at radius 2 is 0.375 bits per heavy atom. The number of rotatable bonds is 6. The van der Waals surface area contributed by atoms with Gasteiger partial charge in [0.25, 0.3) is 0 Å². The molecule has 0 saturated heterocycles. The first-order valence-electron chi connectivity index (χ1n) is 16.3. The lowest BCUT2D eigenvalue weighted by Gasteiger charge is -2.24. The molecule has 0 aromatic heterocycles. The van der Waals surface area contributed by atoms with Gasteiger partial charge >= 0.3 is 0 Å². The van der Waals surface area contributed by atoms with Crippen molar-refractivity contribution in [1.82, 2.24) is 0 Å². The SMILES string of the molecule is Cc1c(-c2ccc(-c3ccc(N)cc3)cc2)c(C)c(-c2ccc(-c3ccc(N)cc3)cc2)c(C)c1-c1ccc(-c2ccc(N)cc2)cc1. The van der Waals surface area contributed by atoms with E-state index in [1.807, 2.05) is 36.4 Å². The molecule has 0 aliphatic carbocycles. The Labute approximate surface area is 283 Å². The molecule has 6 N–H and O–H groups in total. The second-order valence-corrected chi connectivity index (χ2v) is 12.6. The molecule has 0 heterocycles. The average Bonchev–Trinajstić information content (AvgIpc) is 3.10. The van der Waals surface area contributed by atoms with E-state index in [1.54, 1.807) is 0 Å². The van der Waals surface area contributed by atoms with Crippen LogP contribution in [0.4, 0.5) is 17.1 Å². The van der Waals surface area contributed by atoms with Crippen molar-refractivity contribution in [3.05, 3.63) is 162 Å². The van der Waals surface area contributed by atoms with Gasteiger partial charge in [-0.05, 0) is 141 Å². The molecule has 0 amide bonds. The lowest BCUT2D eigenvalue weighted by Crippen LogP contribution is -2.01. The molecule has 48 heavy (non-hydrogen) atoms. The minimum atomic E-state index is 0.768. The fourth-order valence-electron chi connectivity index (χ4n) is 7.03. The predicted molar refractivity (Wildman–Crippen MR) is 207 cm³/mol. The van der Waals surface area contributed by atoms with Crippen molar-refractivity contribution in [2.45, 2.75) is 20.8 Å². The fraction of sp³-hybridized carbons (Fsp3) is 0.0667. The van der Waals surface area contributed by atoms with Gasteiger partial charge in [0.1, 0.15) is 0 Å². The van der Waals surface area contributed by atoms with Crippen LogP contribution in [0.25, 0.3) is 66.8 Å². The van der Waals surface area contributed by atoms with E-state index in [9.17, 15) is 0 Å². The van der Waals surface area contributed by atoms with Gasteiger partial charge in [0.2, 0.25) is 0 Å². The summed E-state index contributed by atoms with van der Waals surface area (Å²) in [7, 11) is 0. The molecule has 0 aliphatic heterocycles. The highest BCUT2D eigenvalue weighted by molar-refractivity contribution is 5.92. The first kappa shape index (κ1) is 30.6. The predicted octanol–water partition coefficient (Wildman–Crippen LogP) is 11.4. The van der Waals surface area contributed by atoms with Crippen molar-refractivity contribution in [3.8, 4) is 66.8 Å². The van der Waals surface area contributed by atoms with Crippen LogP contribution in [-0.4, -0.2) is 0 Å². The second-order valence-electron chi connectivity index (χ2n) is 12.6. The first-order valence-corrected chi connectivity index (χ1v) is 16.3. The molecule has 0 aliphatic rings. The zero-order chi connectivity index (χ0) is 33.4. The van der Waals surface area contributed by atoms with Gasteiger partial charge in [-0.2, -0.15) is 0 Å². The lowest BCUT2D eigenvalue weighted by atomic mass is 9.80. The average molecular weight is 622 g/mol. The van der Waals surface area contributed by atoms with Crippen molar-refractivity contribution >= 4 is 17.1 Å². The van der Waals surface area contributed by atoms with Crippen LogP contribution in [0.1, 0.15) is 16.7 Å². The Balaban J connectivity index is 1.37. The molecule has 0 unspecified atom stereocenters. The summed E-state index contributed by atoms with van der Waals surface area (Å²) in [5, 5.41) is 0. The van der Waals surface area contributed by atoms with E-state index in [4.69, 9.17) is 17.2 Å². The fourth-order valence-corrected chi connectivity index (χ4v) is 7.03. The second kappa shape index (κ2) is 12.6. The highest BCUT2D eigenvalue weighted by atomic mass is 14.5. The standard InChI is InChI=1S/C45H39N3/c1-28-43(37-10-4-31(5-11-37)34-16-22-40(46)23-17-34)29(2)45(39-14-8-33(9-15-39)36-20-26-42(48)27-21-36)30(3)44(28)38-12-6-32(7-13-38)35-18-24-41(47)25-19-35/h4-27H,46-48H2,1-3H3. The van der Waals surface area contributed by atoms with Gasteiger partial charge in [-0.3, -0.25) is 0 Å². The summed E-state index contributed by atoms with van der Waals surface area (Å²) in [5.41, 5.74) is 38.3. The van der Waals surface area contributed by atoms with Crippen LogP contribution < -0.4 is 17.2 Å². The molecule has 0 saturated carbocycles. The molecular formula is C45H39N3. The van der Waals surface area contributed by atoms with Crippen LogP contribution in [0, 0.1) is 20.8 Å². The number of benzene rings is 7. The zero-order valence-corrected chi connectivity index (χ0v) is 27.6. The van der Waals surface area contributed by atoms with Gasteiger partial charge < -0.3 is 17.2 Å². The molecule has 0 bridgehead atoms. The van der Waals surface area contributed by atoms with E-state index in [-0.39, 0.29) is 0 Å². The van der Waals surface area contributed by atoms with E-state index in [2.05, 4.69) is 130 Å². The van der Waals surface area contributed by atoms with Gasteiger partial charge in [0, 0.05) is 17.1 Å². The maximum atomic E-state index is 5.95. The number of nitrogen functional groups attached to an aromatic ring is 3. The van der Waals surface area contributed by atoms with E-state index < -0.39 is 0 Å². The van der Waals surface area contributed by atoms with Gasteiger partial charge in [0.05, 0.1) is 0 Å². The van der Waals surface area contributed by atoms with Gasteiger partial charge in [-0.25, -0.2) is 0 Å². The Morgan fingerprint density at radius 3 is 0.562 bits per heavy atom. The third kappa shape index (κ3) is 5.83. The van der Waals surface area contributed by atoms with Crippen molar-refractivity contribution in [2.24, 2.45) is 0 Å². The van der Waals surface area contributed by atoms with E-state index in [0.29, 0.717) is 0 Å². The Morgan fingerprint density at radius 1 is 0.229 bits per heavy atom. The summed E-state index contributed by atoms with van der Waals surface area (Å²) in [6.07, 6.45) is 0. The largest absolute Gasteiger partial charge is 0.399 e. The van der Waals surface area contributed by atoms with Crippen LogP contribution in [0.5, 0.6) is 0 Å². The number of hydrogen-bond donors (Lipinski definition) is 3. The summed E-state index contributed by atoms with van der Waals surface area (Å²) in [6, 6.07) is 50.9. The van der Waals surface area contributed by atoms with Gasteiger partial charge in [-0.1, -0.05) is 109 Å². The van der Waals surface area contributed by atoms with Crippen LogP contribution >= 0.6 is 0 Å². The van der Waals surface area contributed by atoms with E-state index in [0.717, 1.165) is 50.4 Å². The monoisotopic (exact) mass is 621 g/mol. The highest BCUT2D eigenvalue weighted by Gasteiger charge is 2.21. The molecule has 7 rings (SSSR count). The van der Waals surface area contributed by atoms with E-state index in [1.165, 1.54) is 50.1 Å². The molecule has 7 aromatic rings. The maximum Gasteiger partial charge on any atom is 0.0314 e. The van der Waals surface area contributed by atoms with Crippen molar-refractivity contribution in [3.63, 3.8) is 0 Å². The molecule has 0 radical (unpaired) electrons. The van der Waals surface area contributed by atoms with Crippen molar-refractivity contribution in [1.29, 1.82) is 0 Å². The quantitative estimate of drug-likeness (QED) is 0.162. The van der Waals surface area contributed by atoms with Crippen LogP contribution in [-0.2, 0) is 0 Å². The Kier molecular flexibility index (Phi) is 8.04. The normalized spacial score (nSPS) is 11.1.